The third-order valence-electron chi connectivity index (χ3n) is 10.0. The zero-order valence-corrected chi connectivity index (χ0v) is 32.8. The van der Waals surface area contributed by atoms with E-state index >= 15 is 8.78 Å². The summed E-state index contributed by atoms with van der Waals surface area (Å²) >= 11 is 1.44. The zero-order valence-electron chi connectivity index (χ0n) is 32.0. The number of imidazole rings is 1. The molecule has 2 aromatic heterocycles. The predicted octanol–water partition coefficient (Wildman–Crippen LogP) is 10.8. The fraction of sp³-hybridized carbons (Fsp3) is 0.419. The number of fused-ring (bicyclic) bond motifs is 8. The second-order valence-electron chi connectivity index (χ2n) is 14.6. The summed E-state index contributed by atoms with van der Waals surface area (Å²) in [6, 6.07) is 16.3. The van der Waals surface area contributed by atoms with E-state index in [1.165, 1.54) is 41.1 Å². The van der Waals surface area contributed by atoms with E-state index in [4.69, 9.17) is 9.47 Å². The molecule has 0 aliphatic carbocycles. The molecule has 0 radical (unpaired) electrons. The minimum absolute atomic E-state index is 0.0415. The normalized spacial score (nSPS) is 18.6. The lowest BCUT2D eigenvalue weighted by molar-refractivity contribution is -0.143. The van der Waals surface area contributed by atoms with Gasteiger partial charge in [-0.05, 0) is 87.3 Å². The van der Waals surface area contributed by atoms with Crippen LogP contribution in [0.1, 0.15) is 96.0 Å². The van der Waals surface area contributed by atoms with E-state index < -0.39 is 22.3 Å². The predicted molar refractivity (Wildman–Crippen MR) is 211 cm³/mol. The summed E-state index contributed by atoms with van der Waals surface area (Å²) in [5.41, 5.74) is 4.15. The van der Waals surface area contributed by atoms with Crippen molar-refractivity contribution in [2.24, 2.45) is 5.41 Å². The molecule has 0 amide bonds. The Morgan fingerprint density at radius 2 is 1.85 bits per heavy atom. The van der Waals surface area contributed by atoms with Crippen LogP contribution in [0, 0.1) is 17.0 Å². The first kappa shape index (κ1) is 40.5. The highest BCUT2D eigenvalue weighted by Gasteiger charge is 2.35. The number of halogens is 2. The van der Waals surface area contributed by atoms with Gasteiger partial charge in [-0.3, -0.25) is 9.59 Å². The minimum Gasteiger partial charge on any atom is -0.468 e. The molecule has 1 aliphatic heterocycles. The highest BCUT2D eigenvalue weighted by atomic mass is 32.2. The summed E-state index contributed by atoms with van der Waals surface area (Å²) in [4.78, 5) is 33.8. The number of aromatic nitrogens is 3. The molecule has 0 spiro atoms. The van der Waals surface area contributed by atoms with Gasteiger partial charge in [0.25, 0.3) is 6.47 Å². The number of thioether (sulfide) groups is 1. The molecule has 5 aromatic rings. The summed E-state index contributed by atoms with van der Waals surface area (Å²) in [7, 11) is 0. The maximum Gasteiger partial charge on any atom is 0.319 e. The number of aromatic amines is 2. The van der Waals surface area contributed by atoms with Crippen LogP contribution >= 0.6 is 11.8 Å². The van der Waals surface area contributed by atoms with Crippen LogP contribution in [0.25, 0.3) is 22.3 Å². The number of carbonyl (C=O) groups excluding carboxylic acids is 2. The van der Waals surface area contributed by atoms with Gasteiger partial charge < -0.3 is 24.2 Å². The number of benzene rings is 3. The van der Waals surface area contributed by atoms with Crippen molar-refractivity contribution in [3.05, 3.63) is 101 Å². The maximum atomic E-state index is 15.8. The van der Waals surface area contributed by atoms with Crippen LogP contribution in [0.5, 0.6) is 11.5 Å². The number of nitrogens with zero attached hydrogens (tertiary/aromatic N) is 1. The van der Waals surface area contributed by atoms with Crippen molar-refractivity contribution in [3.8, 4) is 22.9 Å². The third-order valence-corrected chi connectivity index (χ3v) is 11.3. The van der Waals surface area contributed by atoms with E-state index in [-0.39, 0.29) is 35.1 Å². The van der Waals surface area contributed by atoms with Crippen molar-refractivity contribution in [2.45, 2.75) is 96.5 Å². The van der Waals surface area contributed by atoms with Gasteiger partial charge in [-0.25, -0.2) is 13.8 Å². The fourth-order valence-electron chi connectivity index (χ4n) is 7.10. The first-order chi connectivity index (χ1) is 25.9. The Kier molecular flexibility index (Phi) is 13.6. The highest BCUT2D eigenvalue weighted by molar-refractivity contribution is 7.99. The SMILES string of the molecule is CCCc1cccc(C2(C)CCCC(C)(C)CC(C(=O)OCC)SCc3c(c(F)cc4[nH]ccc34)Oc3ccc(F)c(c3)-c3ncc2[nH]3)c1.CCOC=O. The lowest BCUT2D eigenvalue weighted by Crippen LogP contribution is -2.29. The average molecular weight is 760 g/mol. The molecular formula is C43H51F2N3O5S. The zero-order chi connectivity index (χ0) is 38.9. The number of rotatable bonds is 7. The van der Waals surface area contributed by atoms with Crippen molar-refractivity contribution in [2.75, 3.05) is 13.2 Å². The van der Waals surface area contributed by atoms with Gasteiger partial charge in [0, 0.05) is 51.8 Å². The van der Waals surface area contributed by atoms with E-state index in [1.54, 1.807) is 25.4 Å². The second-order valence-corrected chi connectivity index (χ2v) is 15.8. The second kappa shape index (κ2) is 18.1. The smallest absolute Gasteiger partial charge is 0.319 e. The molecular weight excluding hydrogens is 709 g/mol. The maximum absolute atomic E-state index is 15.8. The van der Waals surface area contributed by atoms with E-state index in [1.807, 2.05) is 13.0 Å². The third kappa shape index (κ3) is 9.53. The van der Waals surface area contributed by atoms with Crippen molar-refractivity contribution in [1.29, 1.82) is 0 Å². The van der Waals surface area contributed by atoms with Gasteiger partial charge in [0.05, 0.1) is 18.8 Å². The van der Waals surface area contributed by atoms with Gasteiger partial charge in [0.2, 0.25) is 0 Å². The molecule has 1 aliphatic rings. The van der Waals surface area contributed by atoms with Crippen LogP contribution in [-0.4, -0.2) is 45.9 Å². The Morgan fingerprint density at radius 1 is 1.04 bits per heavy atom. The lowest BCUT2D eigenvalue weighted by Gasteiger charge is -2.33. The molecule has 4 bridgehead atoms. The molecule has 0 saturated heterocycles. The fourth-order valence-corrected chi connectivity index (χ4v) is 8.53. The largest absolute Gasteiger partial charge is 0.468 e. The number of esters is 1. The summed E-state index contributed by atoms with van der Waals surface area (Å²) < 4.78 is 47.3. The van der Waals surface area contributed by atoms with Crippen molar-refractivity contribution >= 4 is 35.1 Å². The van der Waals surface area contributed by atoms with Crippen LogP contribution < -0.4 is 4.74 Å². The molecule has 54 heavy (non-hydrogen) atoms. The number of H-pyrrole nitrogens is 2. The number of hydrogen-bond acceptors (Lipinski definition) is 7. The molecule has 0 saturated carbocycles. The van der Waals surface area contributed by atoms with Crippen molar-refractivity contribution in [1.82, 2.24) is 15.0 Å². The number of ether oxygens (including phenoxy) is 3. The summed E-state index contributed by atoms with van der Waals surface area (Å²) in [5.74, 6) is -0.294. The summed E-state index contributed by atoms with van der Waals surface area (Å²) in [6.07, 6.45) is 8.74. The van der Waals surface area contributed by atoms with E-state index in [9.17, 15) is 9.59 Å². The van der Waals surface area contributed by atoms with Gasteiger partial charge in [0.15, 0.2) is 11.6 Å². The number of nitrogens with one attached hydrogen (secondary N) is 2. The number of carbonyl (C=O) groups is 2. The standard InChI is InChI=1S/C40H45F2N3O3S.C3H6O2/c1-6-10-25-11-8-12-26(19-25)40(5)17-9-16-39(3,4)22-34(38(46)47-7-2)49-24-30-28-15-18-43-33(28)21-32(42)36(30)48-27-13-14-31(41)29(20-27)37-44-23-35(40)45-37;1-2-5-3-4/h8,11-15,18-21,23,34,43H,6-7,9-10,16-17,22,24H2,1-5H3,(H,44,45);3H,2H2,1H3. The lowest BCUT2D eigenvalue weighted by atomic mass is 9.73. The van der Waals surface area contributed by atoms with Gasteiger partial charge >= 0.3 is 5.97 Å². The van der Waals surface area contributed by atoms with Crippen LogP contribution in [-0.2, 0) is 36.7 Å². The van der Waals surface area contributed by atoms with Crippen molar-refractivity contribution in [3.63, 3.8) is 0 Å². The van der Waals surface area contributed by atoms with Crippen LogP contribution in [0.3, 0.4) is 0 Å². The Balaban J connectivity index is 0.00000105. The van der Waals surface area contributed by atoms with Gasteiger partial charge in [-0.2, -0.15) is 0 Å². The quantitative estimate of drug-likeness (QED) is 0.126. The molecule has 2 N–H and O–H groups in total. The van der Waals surface area contributed by atoms with Crippen LogP contribution in [0.15, 0.2) is 67.0 Å². The molecule has 6 rings (SSSR count). The van der Waals surface area contributed by atoms with Gasteiger partial charge in [-0.15, -0.1) is 11.8 Å². The molecule has 11 heteroatoms. The monoisotopic (exact) mass is 759 g/mol. The molecule has 2 unspecified atom stereocenters. The Bertz CT molecular complexity index is 2040. The Morgan fingerprint density at radius 3 is 2.57 bits per heavy atom. The molecule has 8 nitrogen and oxygen atoms in total. The van der Waals surface area contributed by atoms with Gasteiger partial charge in [0.1, 0.15) is 22.6 Å². The summed E-state index contributed by atoms with van der Waals surface area (Å²) in [5, 5.41) is 0.323. The highest BCUT2D eigenvalue weighted by Crippen LogP contribution is 2.43. The van der Waals surface area contributed by atoms with E-state index in [0.717, 1.165) is 43.2 Å². The topological polar surface area (TPSA) is 106 Å². The van der Waals surface area contributed by atoms with E-state index in [2.05, 4.69) is 71.6 Å². The molecule has 288 valence electrons. The van der Waals surface area contributed by atoms with Gasteiger partial charge in [-0.1, -0.05) is 57.9 Å². The Labute approximate surface area is 320 Å². The summed E-state index contributed by atoms with van der Waals surface area (Å²) in [6.45, 7) is 13.5. The molecule has 3 heterocycles. The van der Waals surface area contributed by atoms with Crippen LogP contribution in [0.2, 0.25) is 0 Å². The van der Waals surface area contributed by atoms with Crippen molar-refractivity contribution < 1.29 is 32.6 Å². The average Bonchev–Trinajstić information content (AvgIpc) is 3.83. The number of hydrogen-bond donors (Lipinski definition) is 2. The first-order valence-corrected chi connectivity index (χ1v) is 19.7. The Hall–Kier alpha value is -4.64. The molecule has 2 atom stereocenters. The molecule has 3 aromatic carbocycles. The minimum atomic E-state index is -0.555. The number of aryl methyl sites for hydroxylation is 1. The molecule has 0 fully saturated rings. The van der Waals surface area contributed by atoms with E-state index in [0.29, 0.717) is 42.2 Å². The first-order valence-electron chi connectivity index (χ1n) is 18.7. The van der Waals surface area contributed by atoms with Crippen LogP contribution in [0.4, 0.5) is 8.78 Å².